The number of halogens is 1. The maximum absolute atomic E-state index is 12.1. The Morgan fingerprint density at radius 2 is 1.93 bits per heavy atom. The average Bonchev–Trinajstić information content (AvgIpc) is 3.39. The van der Waals surface area contributed by atoms with Crippen molar-refractivity contribution < 1.29 is 9.21 Å². The highest BCUT2D eigenvalue weighted by molar-refractivity contribution is 14.0. The molecule has 0 radical (unpaired) electrons. The maximum Gasteiger partial charge on any atom is 0.226 e. The predicted octanol–water partition coefficient (Wildman–Crippen LogP) is 3.34. The van der Waals surface area contributed by atoms with Crippen LogP contribution in [0.1, 0.15) is 37.4 Å². The first-order valence-corrected chi connectivity index (χ1v) is 9.97. The molecule has 1 aromatic carbocycles. The third-order valence-electron chi connectivity index (χ3n) is 4.68. The van der Waals surface area contributed by atoms with Crippen LogP contribution >= 0.6 is 24.0 Å². The third-order valence-corrected chi connectivity index (χ3v) is 4.68. The van der Waals surface area contributed by atoms with E-state index in [1.807, 2.05) is 43.0 Å². The largest absolute Gasteiger partial charge is 0.444 e. The molecule has 1 amide bonds. The molecular formula is C21H30IN5O2. The van der Waals surface area contributed by atoms with Crippen molar-refractivity contribution in [1.82, 2.24) is 20.5 Å². The zero-order chi connectivity index (χ0) is 19.8. The van der Waals surface area contributed by atoms with E-state index in [-0.39, 0.29) is 29.9 Å². The van der Waals surface area contributed by atoms with Crippen molar-refractivity contribution in [3.05, 3.63) is 41.8 Å². The van der Waals surface area contributed by atoms with Gasteiger partial charge in [0.05, 0.1) is 6.54 Å². The Balaban J connectivity index is 0.00000300. The van der Waals surface area contributed by atoms with Gasteiger partial charge in [-0.2, -0.15) is 0 Å². The number of benzene rings is 1. The van der Waals surface area contributed by atoms with E-state index < -0.39 is 0 Å². The summed E-state index contributed by atoms with van der Waals surface area (Å²) in [6.07, 6.45) is 4.35. The summed E-state index contributed by atoms with van der Waals surface area (Å²) >= 11 is 0. The minimum absolute atomic E-state index is 0. The molecule has 1 aromatic heterocycles. The summed E-state index contributed by atoms with van der Waals surface area (Å²) in [5, 5.41) is 6.42. The zero-order valence-corrected chi connectivity index (χ0v) is 19.4. The van der Waals surface area contributed by atoms with Crippen molar-refractivity contribution in [2.45, 2.75) is 39.7 Å². The van der Waals surface area contributed by atoms with Crippen LogP contribution in [0.4, 0.5) is 0 Å². The van der Waals surface area contributed by atoms with Gasteiger partial charge in [0, 0.05) is 38.2 Å². The van der Waals surface area contributed by atoms with Gasteiger partial charge in [0.2, 0.25) is 11.8 Å². The molecule has 2 aromatic rings. The van der Waals surface area contributed by atoms with Gasteiger partial charge >= 0.3 is 0 Å². The first kappa shape index (κ1) is 23.2. The molecule has 0 bridgehead atoms. The van der Waals surface area contributed by atoms with Gasteiger partial charge in [-0.25, -0.2) is 9.98 Å². The smallest absolute Gasteiger partial charge is 0.226 e. The molecule has 0 aliphatic carbocycles. The van der Waals surface area contributed by atoms with Crippen molar-refractivity contribution in [2.75, 3.05) is 26.2 Å². The van der Waals surface area contributed by atoms with Crippen LogP contribution in [0.15, 0.2) is 39.9 Å². The molecule has 0 saturated carbocycles. The second-order valence-corrected chi connectivity index (χ2v) is 6.97. The van der Waals surface area contributed by atoms with Gasteiger partial charge in [0.1, 0.15) is 12.0 Å². The number of aliphatic imine (C=N–C) groups is 1. The Kier molecular flexibility index (Phi) is 9.43. The molecule has 1 aliphatic rings. The number of aromatic nitrogens is 1. The zero-order valence-electron chi connectivity index (χ0n) is 17.1. The quantitative estimate of drug-likeness (QED) is 0.339. The summed E-state index contributed by atoms with van der Waals surface area (Å²) in [5.74, 6) is 1.48. The lowest BCUT2D eigenvalue weighted by molar-refractivity contribution is -0.129. The number of hydrogen-bond acceptors (Lipinski definition) is 4. The number of guanidine groups is 1. The summed E-state index contributed by atoms with van der Waals surface area (Å²) in [4.78, 5) is 23.1. The van der Waals surface area contributed by atoms with Gasteiger partial charge in [0.15, 0.2) is 5.96 Å². The molecule has 7 nitrogen and oxygen atoms in total. The van der Waals surface area contributed by atoms with E-state index in [0.717, 1.165) is 43.7 Å². The summed E-state index contributed by atoms with van der Waals surface area (Å²) in [5.41, 5.74) is 2.91. The van der Waals surface area contributed by atoms with Crippen LogP contribution in [0, 0.1) is 6.92 Å². The number of nitrogens with zero attached hydrogens (tertiary/aromatic N) is 3. The lowest BCUT2D eigenvalue weighted by atomic mass is 10.1. The second-order valence-electron chi connectivity index (χ2n) is 6.97. The second kappa shape index (κ2) is 11.8. The highest BCUT2D eigenvalue weighted by Crippen LogP contribution is 2.19. The van der Waals surface area contributed by atoms with Crippen LogP contribution in [-0.2, 0) is 11.3 Å². The molecule has 0 atom stereocenters. The van der Waals surface area contributed by atoms with E-state index in [4.69, 9.17) is 4.42 Å². The van der Waals surface area contributed by atoms with Crippen LogP contribution in [-0.4, -0.2) is 47.9 Å². The fourth-order valence-corrected chi connectivity index (χ4v) is 3.12. The van der Waals surface area contributed by atoms with Crippen LogP contribution in [0.25, 0.3) is 11.5 Å². The number of aryl methyl sites for hydroxylation is 1. The molecule has 29 heavy (non-hydrogen) atoms. The molecule has 0 unspecified atom stereocenters. The Morgan fingerprint density at radius 1 is 1.21 bits per heavy atom. The molecule has 2 heterocycles. The molecule has 8 heteroatoms. The van der Waals surface area contributed by atoms with Crippen molar-refractivity contribution in [2.24, 2.45) is 4.99 Å². The first-order valence-electron chi connectivity index (χ1n) is 9.97. The van der Waals surface area contributed by atoms with Crippen molar-refractivity contribution >= 4 is 35.8 Å². The summed E-state index contributed by atoms with van der Waals surface area (Å²) in [6, 6.07) is 8.07. The van der Waals surface area contributed by atoms with E-state index >= 15 is 0 Å². The minimum atomic E-state index is 0. The van der Waals surface area contributed by atoms with Crippen LogP contribution in [0.5, 0.6) is 0 Å². The molecule has 0 spiro atoms. The van der Waals surface area contributed by atoms with Gasteiger partial charge in [-0.1, -0.05) is 17.7 Å². The van der Waals surface area contributed by atoms with E-state index in [2.05, 4.69) is 20.6 Å². The topological polar surface area (TPSA) is 82.8 Å². The molecule has 3 rings (SSSR count). The summed E-state index contributed by atoms with van der Waals surface area (Å²) < 4.78 is 5.58. The van der Waals surface area contributed by atoms with Crippen molar-refractivity contribution in [3.8, 4) is 11.5 Å². The predicted molar refractivity (Wildman–Crippen MR) is 125 cm³/mol. The lowest BCUT2D eigenvalue weighted by Crippen LogP contribution is -2.39. The van der Waals surface area contributed by atoms with E-state index in [9.17, 15) is 4.79 Å². The minimum Gasteiger partial charge on any atom is -0.444 e. The fourth-order valence-electron chi connectivity index (χ4n) is 3.12. The van der Waals surface area contributed by atoms with Crippen LogP contribution < -0.4 is 10.6 Å². The number of oxazole rings is 1. The number of carbonyl (C=O) groups is 1. The van der Waals surface area contributed by atoms with E-state index in [1.54, 1.807) is 6.26 Å². The van der Waals surface area contributed by atoms with Gasteiger partial charge in [-0.15, -0.1) is 24.0 Å². The Hall–Kier alpha value is -2.10. The fraction of sp³-hybridized carbons (Fsp3) is 0.476. The highest BCUT2D eigenvalue weighted by atomic mass is 127. The summed E-state index contributed by atoms with van der Waals surface area (Å²) in [7, 11) is 0. The van der Waals surface area contributed by atoms with Crippen LogP contribution in [0.3, 0.4) is 0 Å². The number of hydrogen-bond donors (Lipinski definition) is 2. The average molecular weight is 511 g/mol. The van der Waals surface area contributed by atoms with E-state index in [1.165, 1.54) is 5.56 Å². The SMILES string of the molecule is CCNC(=NCc1coc(-c2ccc(C)cc2)n1)NCCC(=O)N1CCCC1.I. The van der Waals surface area contributed by atoms with Gasteiger partial charge in [0.25, 0.3) is 0 Å². The van der Waals surface area contributed by atoms with Crippen LogP contribution in [0.2, 0.25) is 0 Å². The maximum atomic E-state index is 12.1. The van der Waals surface area contributed by atoms with E-state index in [0.29, 0.717) is 31.4 Å². The van der Waals surface area contributed by atoms with Gasteiger partial charge in [-0.05, 0) is 38.8 Å². The van der Waals surface area contributed by atoms with Gasteiger partial charge < -0.3 is 20.0 Å². The Labute approximate surface area is 189 Å². The van der Waals surface area contributed by atoms with Crippen molar-refractivity contribution in [1.29, 1.82) is 0 Å². The number of likely N-dealkylation sites (tertiary alicyclic amines) is 1. The Bertz CT molecular complexity index is 798. The standard InChI is InChI=1S/C21H29N5O2.HI/c1-3-22-21(23-11-10-19(27)26-12-4-5-13-26)24-14-18-15-28-20(25-18)17-8-6-16(2)7-9-17;/h6-9,15H,3-5,10-14H2,1-2H3,(H2,22,23,24);1H. The van der Waals surface area contributed by atoms with Crippen molar-refractivity contribution in [3.63, 3.8) is 0 Å². The molecule has 158 valence electrons. The Morgan fingerprint density at radius 3 is 2.62 bits per heavy atom. The number of amides is 1. The molecule has 1 saturated heterocycles. The molecule has 1 fully saturated rings. The molecule has 1 aliphatic heterocycles. The number of carbonyl (C=O) groups excluding carboxylic acids is 1. The lowest BCUT2D eigenvalue weighted by Gasteiger charge is -2.16. The molecular weight excluding hydrogens is 481 g/mol. The summed E-state index contributed by atoms with van der Waals surface area (Å²) in [6.45, 7) is 7.56. The first-order chi connectivity index (χ1) is 13.7. The third kappa shape index (κ3) is 7.02. The van der Waals surface area contributed by atoms with Gasteiger partial charge in [-0.3, -0.25) is 4.79 Å². The number of nitrogens with one attached hydrogen (secondary N) is 2. The number of rotatable bonds is 7. The highest BCUT2D eigenvalue weighted by Gasteiger charge is 2.17. The monoisotopic (exact) mass is 511 g/mol. The normalized spacial score (nSPS) is 13.9. The molecule has 2 N–H and O–H groups in total.